The molecule has 23 heteroatoms. The van der Waals surface area contributed by atoms with Gasteiger partial charge < -0.3 is 27.5 Å². The van der Waals surface area contributed by atoms with Crippen molar-refractivity contribution in [2.45, 2.75) is 0 Å². The zero-order chi connectivity index (χ0) is 74.6. The predicted molar refractivity (Wildman–Crippen MR) is 400 cm³/mol. The molecule has 0 radical (unpaired) electrons. The van der Waals surface area contributed by atoms with E-state index in [1.807, 2.05) is 66.7 Å². The van der Waals surface area contributed by atoms with Crippen molar-refractivity contribution in [3.05, 3.63) is 389 Å². The van der Waals surface area contributed by atoms with E-state index in [0.717, 1.165) is 69.3 Å². The Morgan fingerprint density at radius 3 is 1.30 bits per heavy atom. The van der Waals surface area contributed by atoms with Gasteiger partial charge in [-0.3, -0.25) is 49.5 Å². The number of nitrogens with zero attached hydrogens (tertiary/aromatic N) is 6. The van der Waals surface area contributed by atoms with E-state index in [1.54, 1.807) is 177 Å². The fourth-order valence-electron chi connectivity index (χ4n) is 9.31. The summed E-state index contributed by atoms with van der Waals surface area (Å²) in [6.07, 6.45) is 16.6. The third kappa shape index (κ3) is 23.9. The van der Waals surface area contributed by atoms with Crippen LogP contribution in [0.1, 0.15) is 69.2 Å². The van der Waals surface area contributed by atoms with Gasteiger partial charge in [0.2, 0.25) is 0 Å². The first-order valence-corrected chi connectivity index (χ1v) is 32.8. The Morgan fingerprint density at radius 1 is 0.442 bits per heavy atom. The van der Waals surface area contributed by atoms with Gasteiger partial charge in [-0.15, -0.1) is 0 Å². The maximum atomic E-state index is 13.2. The van der Waals surface area contributed by atoms with Crippen LogP contribution in [0.2, 0.25) is 0 Å². The number of nitrogens with two attached hydrogens (primary N) is 3. The Kier molecular flexibility index (Phi) is 31.5. The summed E-state index contributed by atoms with van der Waals surface area (Å²) in [6.45, 7) is 0. The zero-order valence-electron chi connectivity index (χ0n) is 54.9. The van der Waals surface area contributed by atoms with Crippen molar-refractivity contribution < 1.29 is 56.1 Å². The molecule has 17 nitrogen and oxygen atoms in total. The van der Waals surface area contributed by atoms with Gasteiger partial charge in [0.25, 0.3) is 11.1 Å². The SMILES string of the molecule is Brc1ccncc1.Fc1ccc(-c2[nH]c3ccccc3c2-c2ccncc2)cc1.N#Cc1ccccc1N.N=C(c1ccncc1)c1ccccc1N.Nc1ccccc1C(=O)c1ccncc1.O=C(Cl)c1ccc(F)cc1.O=C(Nc1ccccc1C(=O)c1ccncc1)c1ccc(F)cc1.[O]=[Ti]. The average molecular weight is 1500 g/mol. The molecule has 9 N–H and O–H groups in total. The number of amides is 1. The first-order valence-electron chi connectivity index (χ1n) is 31.0. The number of hydrogen-bond donors (Lipinski definition) is 6. The molecule has 0 saturated heterocycles. The van der Waals surface area contributed by atoms with Crippen LogP contribution in [0.4, 0.5) is 35.9 Å². The number of halogens is 5. The van der Waals surface area contributed by atoms with Crippen LogP contribution in [0.15, 0.2) is 321 Å². The summed E-state index contributed by atoms with van der Waals surface area (Å²) in [7, 11) is 0. The summed E-state index contributed by atoms with van der Waals surface area (Å²) < 4.78 is 47.7. The molecular weight excluding hydrogens is 1440 g/mol. The van der Waals surface area contributed by atoms with Crippen molar-refractivity contribution in [1.29, 1.82) is 10.7 Å². The molecule has 0 unspecified atom stereocenters. The number of carbonyl (C=O) groups excluding carboxylic acids is 4. The van der Waals surface area contributed by atoms with Gasteiger partial charge in [-0.25, -0.2) is 13.2 Å². The van der Waals surface area contributed by atoms with Crippen molar-refractivity contribution >= 4 is 89.6 Å². The van der Waals surface area contributed by atoms with Gasteiger partial charge in [0, 0.05) is 144 Å². The van der Waals surface area contributed by atoms with Gasteiger partial charge in [0.1, 0.15) is 23.5 Å². The summed E-state index contributed by atoms with van der Waals surface area (Å²) in [6, 6.07) is 73.0. The van der Waals surface area contributed by atoms with Crippen molar-refractivity contribution in [2.75, 3.05) is 22.5 Å². The third-order valence-electron chi connectivity index (χ3n) is 14.4. The van der Waals surface area contributed by atoms with Crippen molar-refractivity contribution in [3.8, 4) is 28.5 Å². The Hall–Kier alpha value is -12.8. The summed E-state index contributed by atoms with van der Waals surface area (Å²) in [5.74, 6) is -1.72. The molecular formula is C81H61BrClF3N12O5Ti. The third-order valence-corrected chi connectivity index (χ3v) is 15.2. The molecule has 0 aliphatic carbocycles. The van der Waals surface area contributed by atoms with Crippen molar-refractivity contribution in [2.24, 2.45) is 0 Å². The topological polar surface area (TPSA) is 303 Å². The average Bonchev–Trinajstić information content (AvgIpc) is 1.62. The summed E-state index contributed by atoms with van der Waals surface area (Å²) in [5, 5.41) is 19.7. The number of aromatic nitrogens is 6. The van der Waals surface area contributed by atoms with E-state index in [0.29, 0.717) is 67.4 Å². The van der Waals surface area contributed by atoms with E-state index in [2.05, 4.69) is 57.2 Å². The molecule has 0 spiro atoms. The van der Waals surface area contributed by atoms with Gasteiger partial charge in [-0.05, 0) is 205 Å². The van der Waals surface area contributed by atoms with E-state index >= 15 is 0 Å². The van der Waals surface area contributed by atoms with E-state index < -0.39 is 17.0 Å². The number of nitriles is 1. The van der Waals surface area contributed by atoms with Crippen LogP contribution in [0, 0.1) is 34.2 Å². The van der Waals surface area contributed by atoms with Crippen LogP contribution in [-0.4, -0.2) is 58.3 Å². The molecule has 514 valence electrons. The second-order valence-corrected chi connectivity index (χ2v) is 22.5. The van der Waals surface area contributed by atoms with Crippen LogP contribution in [0.25, 0.3) is 33.3 Å². The molecule has 6 aromatic heterocycles. The number of benzene rings is 8. The predicted octanol–water partition coefficient (Wildman–Crippen LogP) is 17.8. The first-order chi connectivity index (χ1) is 50.5. The summed E-state index contributed by atoms with van der Waals surface area (Å²) in [4.78, 5) is 70.3. The zero-order valence-corrected chi connectivity index (χ0v) is 58.8. The quantitative estimate of drug-likeness (QED) is 0.0231. The molecule has 0 atom stereocenters. The molecule has 0 aliphatic rings. The van der Waals surface area contributed by atoms with Crippen molar-refractivity contribution in [3.63, 3.8) is 0 Å². The van der Waals surface area contributed by atoms with Crippen LogP contribution in [0.3, 0.4) is 0 Å². The molecule has 1 amide bonds. The first kappa shape index (κ1) is 78.5. The van der Waals surface area contributed by atoms with Crippen LogP contribution >= 0.6 is 27.5 Å². The Labute approximate surface area is 621 Å². The number of para-hydroxylation sites is 5. The Balaban J connectivity index is 0.000000175. The molecule has 104 heavy (non-hydrogen) atoms. The Morgan fingerprint density at radius 2 is 0.837 bits per heavy atom. The number of nitrogens with one attached hydrogen (secondary N) is 3. The molecule has 6 heterocycles. The molecule has 14 rings (SSSR count). The number of H-pyrrole nitrogens is 1. The van der Waals surface area contributed by atoms with Gasteiger partial charge in [0.15, 0.2) is 11.6 Å². The molecule has 0 aliphatic heterocycles. The number of ketones is 2. The minimum atomic E-state index is -0.569. The van der Waals surface area contributed by atoms with Gasteiger partial charge in [0.05, 0.1) is 22.7 Å². The normalized spacial score (nSPS) is 9.76. The maximum absolute atomic E-state index is 13.2. The van der Waals surface area contributed by atoms with E-state index in [-0.39, 0.29) is 23.2 Å². The van der Waals surface area contributed by atoms with Gasteiger partial charge in [-0.2, -0.15) is 5.26 Å². The number of fused-ring (bicyclic) bond motifs is 1. The van der Waals surface area contributed by atoms with Crippen molar-refractivity contribution in [1.82, 2.24) is 29.9 Å². The Bertz CT molecular complexity index is 5050. The van der Waals surface area contributed by atoms with Crippen LogP contribution in [-0.2, 0) is 23.7 Å². The van der Waals surface area contributed by atoms with Crippen LogP contribution < -0.4 is 22.5 Å². The minimum absolute atomic E-state index is 0.0736. The number of anilines is 4. The monoisotopic (exact) mass is 1500 g/mol. The second-order valence-electron chi connectivity index (χ2n) is 21.2. The number of carbonyl (C=O) groups is 4. The molecule has 0 saturated carbocycles. The number of rotatable bonds is 11. The summed E-state index contributed by atoms with van der Waals surface area (Å²) in [5.41, 5.74) is 29.4. The van der Waals surface area contributed by atoms with E-state index in [4.69, 9.17) is 42.8 Å². The number of pyridine rings is 5. The number of hydrogen-bond acceptors (Lipinski definition) is 15. The number of aromatic amines is 1. The van der Waals surface area contributed by atoms with E-state index in [9.17, 15) is 32.3 Å². The van der Waals surface area contributed by atoms with E-state index in [1.165, 1.54) is 73.1 Å². The summed E-state index contributed by atoms with van der Waals surface area (Å²) >= 11 is 9.12. The van der Waals surface area contributed by atoms with Gasteiger partial charge in [-0.1, -0.05) is 88.7 Å². The molecule has 0 fully saturated rings. The fourth-order valence-corrected chi connectivity index (χ4v) is 9.68. The molecule has 14 aromatic rings. The van der Waals surface area contributed by atoms with Crippen LogP contribution in [0.5, 0.6) is 0 Å². The number of nitrogen functional groups attached to an aromatic ring is 3. The molecule has 0 bridgehead atoms. The second kappa shape index (κ2) is 41.7. The standard InChI is InChI=1S/C19H13FN2O2.C19H13FN2.C12H11N3.C12H10N2O.C7H4ClFO.C7H6N2.C5H4BrN.O.Ti/c20-15-7-5-14(6-8-15)19(24)22-17-4-2-1-3-16(17)18(23)13-9-11-21-12-10-13;20-15-7-5-14(6-8-15)19-18(13-9-11-21-12-10-13)16-3-1-2-4-17(16)22-19;13-11-4-2-1-3-10(11)12(14)9-5-7-15-8-6-9;13-11-4-2-1-3-10(11)12(15)9-5-7-14-8-6-9;8-7(10)5-1-3-6(9)4-2-5;8-5-6-3-1-2-4-7(6)9;6-5-1-3-7-4-2-5;;/h1-12H,(H,22,24);1-12,22H;1-8,14H,13H2;1-8H,13H2;1-4H;1-4H,9H2;1-4H;;. The fraction of sp³-hybridized carbons (Fsp3) is 0. The van der Waals surface area contributed by atoms with Gasteiger partial charge >= 0.3 is 23.7 Å². The molecule has 8 aromatic carbocycles.